The highest BCUT2D eigenvalue weighted by atomic mass is 35.5. The second kappa shape index (κ2) is 5.32. The van der Waals surface area contributed by atoms with Crippen LogP contribution in [-0.4, -0.2) is 0 Å². The second-order valence-electron chi connectivity index (χ2n) is 5.17. The average Bonchev–Trinajstić information content (AvgIpc) is 2.33. The lowest BCUT2D eigenvalue weighted by Crippen LogP contribution is -2.35. The predicted molar refractivity (Wildman–Crippen MR) is 77.8 cm³/mol. The van der Waals surface area contributed by atoms with E-state index >= 15 is 0 Å². The van der Waals surface area contributed by atoms with Gasteiger partial charge in [-0.1, -0.05) is 29.8 Å². The van der Waals surface area contributed by atoms with Crippen molar-refractivity contribution in [3.63, 3.8) is 0 Å². The maximum Gasteiger partial charge on any atom is 0.123 e. The van der Waals surface area contributed by atoms with E-state index in [1.165, 1.54) is 12.1 Å². The number of rotatable bonds is 3. The Hall–Kier alpha value is -1.38. The van der Waals surface area contributed by atoms with Crippen LogP contribution in [0.25, 0.3) is 0 Å². The first kappa shape index (κ1) is 14.0. The molecule has 0 saturated heterocycles. The molecule has 0 fully saturated rings. The minimum absolute atomic E-state index is 0.216. The van der Waals surface area contributed by atoms with Crippen LogP contribution in [0.1, 0.15) is 23.6 Å². The van der Waals surface area contributed by atoms with Gasteiger partial charge in [0.1, 0.15) is 5.82 Å². The molecule has 2 aromatic rings. The molecule has 2 rings (SSSR count). The SMILES string of the molecule is Cc1cc(F)ccc1CC(C)(N)c1ccc(Cl)cc1. The molecule has 0 heterocycles. The third-order valence-electron chi connectivity index (χ3n) is 3.37. The molecular weight excluding hydrogens is 261 g/mol. The average molecular weight is 278 g/mol. The molecule has 0 spiro atoms. The minimum atomic E-state index is -0.507. The molecule has 0 radical (unpaired) electrons. The van der Waals surface area contributed by atoms with Crippen molar-refractivity contribution < 1.29 is 4.39 Å². The van der Waals surface area contributed by atoms with Gasteiger partial charge in [-0.15, -0.1) is 0 Å². The first-order chi connectivity index (χ1) is 8.88. The molecular formula is C16H17ClFN. The van der Waals surface area contributed by atoms with Gasteiger partial charge in [0.2, 0.25) is 0 Å². The highest BCUT2D eigenvalue weighted by molar-refractivity contribution is 6.30. The summed E-state index contributed by atoms with van der Waals surface area (Å²) >= 11 is 5.88. The molecule has 0 aliphatic carbocycles. The molecule has 100 valence electrons. The third-order valence-corrected chi connectivity index (χ3v) is 3.62. The Morgan fingerprint density at radius 3 is 2.37 bits per heavy atom. The molecule has 1 nitrogen and oxygen atoms in total. The molecule has 0 amide bonds. The smallest absolute Gasteiger partial charge is 0.123 e. The first-order valence-corrected chi connectivity index (χ1v) is 6.56. The Balaban J connectivity index is 2.27. The van der Waals surface area contributed by atoms with Crippen LogP contribution in [0, 0.1) is 12.7 Å². The van der Waals surface area contributed by atoms with Crippen LogP contribution in [0.5, 0.6) is 0 Å². The van der Waals surface area contributed by atoms with E-state index in [1.807, 2.05) is 38.1 Å². The highest BCUT2D eigenvalue weighted by Crippen LogP contribution is 2.25. The second-order valence-corrected chi connectivity index (χ2v) is 5.61. The summed E-state index contributed by atoms with van der Waals surface area (Å²) in [7, 11) is 0. The number of hydrogen-bond donors (Lipinski definition) is 1. The van der Waals surface area contributed by atoms with Gasteiger partial charge < -0.3 is 5.73 Å². The molecule has 2 N–H and O–H groups in total. The zero-order valence-electron chi connectivity index (χ0n) is 11.1. The van der Waals surface area contributed by atoms with Gasteiger partial charge in [0.25, 0.3) is 0 Å². The summed E-state index contributed by atoms with van der Waals surface area (Å²) in [6.45, 7) is 3.87. The van der Waals surface area contributed by atoms with Gasteiger partial charge in [-0.3, -0.25) is 0 Å². The van der Waals surface area contributed by atoms with Crippen molar-refractivity contribution in [2.45, 2.75) is 25.8 Å². The summed E-state index contributed by atoms with van der Waals surface area (Å²) in [5.74, 6) is -0.216. The van der Waals surface area contributed by atoms with Gasteiger partial charge in [-0.25, -0.2) is 4.39 Å². The molecule has 0 aliphatic heterocycles. The zero-order valence-corrected chi connectivity index (χ0v) is 11.8. The molecule has 0 aromatic heterocycles. The van der Waals surface area contributed by atoms with Crippen LogP contribution in [0.2, 0.25) is 5.02 Å². The number of hydrogen-bond acceptors (Lipinski definition) is 1. The summed E-state index contributed by atoms with van der Waals surface area (Å²) in [5, 5.41) is 0.692. The van der Waals surface area contributed by atoms with Gasteiger partial charge in [-0.2, -0.15) is 0 Å². The van der Waals surface area contributed by atoms with E-state index in [4.69, 9.17) is 17.3 Å². The maximum atomic E-state index is 13.1. The van der Waals surface area contributed by atoms with E-state index in [-0.39, 0.29) is 5.82 Å². The van der Waals surface area contributed by atoms with Gasteiger partial charge in [0, 0.05) is 10.6 Å². The lowest BCUT2D eigenvalue weighted by molar-refractivity contribution is 0.489. The van der Waals surface area contributed by atoms with Gasteiger partial charge in [-0.05, 0) is 61.2 Å². The number of benzene rings is 2. The maximum absolute atomic E-state index is 13.1. The van der Waals surface area contributed by atoms with Crippen molar-refractivity contribution in [3.8, 4) is 0 Å². The summed E-state index contributed by atoms with van der Waals surface area (Å²) in [6.07, 6.45) is 0.654. The molecule has 0 bridgehead atoms. The van der Waals surface area contributed by atoms with E-state index in [0.717, 1.165) is 16.7 Å². The molecule has 3 heteroatoms. The molecule has 19 heavy (non-hydrogen) atoms. The van der Waals surface area contributed by atoms with E-state index in [1.54, 1.807) is 6.07 Å². The van der Waals surface area contributed by atoms with Gasteiger partial charge >= 0.3 is 0 Å². The van der Waals surface area contributed by atoms with Gasteiger partial charge in [0.15, 0.2) is 0 Å². The quantitative estimate of drug-likeness (QED) is 0.894. The Morgan fingerprint density at radius 1 is 1.16 bits per heavy atom. The van der Waals surface area contributed by atoms with E-state index in [9.17, 15) is 4.39 Å². The zero-order chi connectivity index (χ0) is 14.0. The largest absolute Gasteiger partial charge is 0.321 e. The molecule has 0 saturated carbocycles. The van der Waals surface area contributed by atoms with Crippen molar-refractivity contribution in [3.05, 3.63) is 70.0 Å². The fraction of sp³-hybridized carbons (Fsp3) is 0.250. The molecule has 1 unspecified atom stereocenters. The monoisotopic (exact) mass is 277 g/mol. The fourth-order valence-electron chi connectivity index (χ4n) is 2.19. The van der Waals surface area contributed by atoms with E-state index in [0.29, 0.717) is 11.4 Å². The number of nitrogens with two attached hydrogens (primary N) is 1. The van der Waals surface area contributed by atoms with Crippen LogP contribution in [0.15, 0.2) is 42.5 Å². The lowest BCUT2D eigenvalue weighted by Gasteiger charge is -2.26. The molecule has 2 aromatic carbocycles. The van der Waals surface area contributed by atoms with E-state index in [2.05, 4.69) is 0 Å². The van der Waals surface area contributed by atoms with Crippen molar-refractivity contribution >= 4 is 11.6 Å². The van der Waals surface area contributed by atoms with Crippen LogP contribution in [0.4, 0.5) is 4.39 Å². The number of halogens is 2. The van der Waals surface area contributed by atoms with Crippen LogP contribution >= 0.6 is 11.6 Å². The predicted octanol–water partition coefficient (Wildman–Crippen LogP) is 4.20. The Bertz CT molecular complexity index is 576. The normalized spacial score (nSPS) is 14.2. The summed E-state index contributed by atoms with van der Waals surface area (Å²) < 4.78 is 13.1. The standard InChI is InChI=1S/C16H17ClFN/c1-11-9-15(18)8-3-12(11)10-16(2,19)13-4-6-14(17)7-5-13/h3-9H,10,19H2,1-2H3. The highest BCUT2D eigenvalue weighted by Gasteiger charge is 2.22. The number of aryl methyl sites for hydroxylation is 1. The van der Waals surface area contributed by atoms with Crippen molar-refractivity contribution in [2.24, 2.45) is 5.73 Å². The minimum Gasteiger partial charge on any atom is -0.321 e. The summed E-state index contributed by atoms with van der Waals surface area (Å²) in [4.78, 5) is 0. The Morgan fingerprint density at radius 2 is 1.79 bits per heavy atom. The Labute approximate surface area is 118 Å². The lowest BCUT2D eigenvalue weighted by atomic mass is 9.85. The van der Waals surface area contributed by atoms with Crippen LogP contribution in [0.3, 0.4) is 0 Å². The van der Waals surface area contributed by atoms with Crippen molar-refractivity contribution in [1.29, 1.82) is 0 Å². The fourth-order valence-corrected chi connectivity index (χ4v) is 2.31. The van der Waals surface area contributed by atoms with Crippen LogP contribution < -0.4 is 5.73 Å². The van der Waals surface area contributed by atoms with Crippen molar-refractivity contribution in [1.82, 2.24) is 0 Å². The van der Waals surface area contributed by atoms with Crippen LogP contribution in [-0.2, 0) is 12.0 Å². The van der Waals surface area contributed by atoms with Gasteiger partial charge in [0.05, 0.1) is 0 Å². The van der Waals surface area contributed by atoms with Crippen molar-refractivity contribution in [2.75, 3.05) is 0 Å². The van der Waals surface area contributed by atoms with E-state index < -0.39 is 5.54 Å². The topological polar surface area (TPSA) is 26.0 Å². The molecule has 0 aliphatic rings. The first-order valence-electron chi connectivity index (χ1n) is 6.18. The summed E-state index contributed by atoms with van der Waals surface area (Å²) in [6, 6.07) is 12.3. The Kier molecular flexibility index (Phi) is 3.93. The molecule has 1 atom stereocenters. The third kappa shape index (κ3) is 3.34. The summed E-state index contributed by atoms with van der Waals surface area (Å²) in [5.41, 5.74) is 8.88.